The number of hydrogen-bond acceptors (Lipinski definition) is 3. The fourth-order valence-corrected chi connectivity index (χ4v) is 2.26. The number of aliphatic hydroxyl groups is 1. The average molecular weight is 237 g/mol. The molecule has 1 N–H and O–H groups in total. The first kappa shape index (κ1) is 12.1. The number of piperidine rings is 1. The van der Waals surface area contributed by atoms with Crippen LogP contribution in [-0.2, 0) is 11.3 Å². The summed E-state index contributed by atoms with van der Waals surface area (Å²) in [4.78, 5) is 13.9. The van der Waals surface area contributed by atoms with Gasteiger partial charge < -0.3 is 10.0 Å². The van der Waals surface area contributed by atoms with Gasteiger partial charge >= 0.3 is 0 Å². The fraction of sp³-hybridized carbons (Fsp3) is 0.667. The van der Waals surface area contributed by atoms with Crippen LogP contribution in [0.15, 0.2) is 18.5 Å². The zero-order valence-corrected chi connectivity index (χ0v) is 10.1. The highest BCUT2D eigenvalue weighted by molar-refractivity contribution is 5.76. The number of amides is 1. The van der Waals surface area contributed by atoms with E-state index in [0.29, 0.717) is 13.1 Å². The second-order valence-electron chi connectivity index (χ2n) is 4.69. The summed E-state index contributed by atoms with van der Waals surface area (Å²) in [5, 5.41) is 13.6. The standard InChI is InChI=1S/C12H19N3O2/c1-10(16)11-4-2-6-14(8-11)12(17)9-15-7-3-5-13-15/h3,5,7,10-11,16H,2,4,6,8-9H2,1H3. The molecule has 1 fully saturated rings. The second-order valence-corrected chi connectivity index (χ2v) is 4.69. The Balaban J connectivity index is 1.91. The second kappa shape index (κ2) is 5.31. The van der Waals surface area contributed by atoms with E-state index in [1.54, 1.807) is 24.0 Å². The van der Waals surface area contributed by atoms with Crippen molar-refractivity contribution < 1.29 is 9.90 Å². The van der Waals surface area contributed by atoms with Gasteiger partial charge in [-0.1, -0.05) is 0 Å². The third-order valence-corrected chi connectivity index (χ3v) is 3.35. The van der Waals surface area contributed by atoms with E-state index in [-0.39, 0.29) is 17.9 Å². The molecule has 94 valence electrons. The van der Waals surface area contributed by atoms with Crippen molar-refractivity contribution in [2.45, 2.75) is 32.4 Å². The largest absolute Gasteiger partial charge is 0.393 e. The lowest BCUT2D eigenvalue weighted by Crippen LogP contribution is -2.44. The molecular formula is C12H19N3O2. The van der Waals surface area contributed by atoms with Gasteiger partial charge in [0.05, 0.1) is 6.10 Å². The Hall–Kier alpha value is -1.36. The number of carbonyl (C=O) groups excluding carboxylic acids is 1. The normalized spacial score (nSPS) is 22.5. The smallest absolute Gasteiger partial charge is 0.244 e. The lowest BCUT2D eigenvalue weighted by atomic mass is 9.93. The van der Waals surface area contributed by atoms with Crippen LogP contribution < -0.4 is 0 Å². The summed E-state index contributed by atoms with van der Waals surface area (Å²) in [6, 6.07) is 1.81. The molecule has 1 aromatic heterocycles. The summed E-state index contributed by atoms with van der Waals surface area (Å²) in [7, 11) is 0. The first-order valence-corrected chi connectivity index (χ1v) is 6.10. The Bertz CT molecular complexity index is 362. The number of aromatic nitrogens is 2. The summed E-state index contributed by atoms with van der Waals surface area (Å²) in [6.45, 7) is 3.55. The summed E-state index contributed by atoms with van der Waals surface area (Å²) in [6.07, 6.45) is 5.09. The molecule has 0 aromatic carbocycles. The van der Waals surface area contributed by atoms with Crippen molar-refractivity contribution in [3.05, 3.63) is 18.5 Å². The Morgan fingerprint density at radius 1 is 1.65 bits per heavy atom. The van der Waals surface area contributed by atoms with Gasteiger partial charge in [0.2, 0.25) is 5.91 Å². The number of likely N-dealkylation sites (tertiary alicyclic amines) is 1. The van der Waals surface area contributed by atoms with Crippen LogP contribution >= 0.6 is 0 Å². The van der Waals surface area contributed by atoms with Crippen LogP contribution in [0.1, 0.15) is 19.8 Å². The lowest BCUT2D eigenvalue weighted by Gasteiger charge is -2.34. The van der Waals surface area contributed by atoms with Gasteiger partial charge in [-0.3, -0.25) is 9.48 Å². The highest BCUT2D eigenvalue weighted by atomic mass is 16.3. The van der Waals surface area contributed by atoms with E-state index < -0.39 is 0 Å². The van der Waals surface area contributed by atoms with Crippen molar-refractivity contribution in [3.8, 4) is 0 Å². The number of hydrogen-bond donors (Lipinski definition) is 1. The molecule has 0 bridgehead atoms. The van der Waals surface area contributed by atoms with Crippen LogP contribution in [0, 0.1) is 5.92 Å². The van der Waals surface area contributed by atoms with Crippen LogP contribution in [0.25, 0.3) is 0 Å². The SMILES string of the molecule is CC(O)C1CCCN(C(=O)Cn2cccn2)C1. The summed E-state index contributed by atoms with van der Waals surface area (Å²) < 4.78 is 1.63. The van der Waals surface area contributed by atoms with E-state index in [4.69, 9.17) is 0 Å². The zero-order chi connectivity index (χ0) is 12.3. The van der Waals surface area contributed by atoms with E-state index in [9.17, 15) is 9.90 Å². The molecule has 0 aliphatic carbocycles. The predicted octanol–water partition coefficient (Wildman–Crippen LogP) is 0.502. The molecule has 1 aromatic rings. The molecule has 17 heavy (non-hydrogen) atoms. The molecule has 1 amide bonds. The minimum atomic E-state index is -0.338. The highest BCUT2D eigenvalue weighted by Crippen LogP contribution is 2.19. The molecule has 0 spiro atoms. The minimum absolute atomic E-state index is 0.0825. The van der Waals surface area contributed by atoms with Crippen LogP contribution in [0.2, 0.25) is 0 Å². The Morgan fingerprint density at radius 2 is 2.47 bits per heavy atom. The molecule has 1 saturated heterocycles. The fourth-order valence-electron chi connectivity index (χ4n) is 2.26. The predicted molar refractivity (Wildman–Crippen MR) is 63.2 cm³/mol. The van der Waals surface area contributed by atoms with E-state index in [1.165, 1.54) is 0 Å². The maximum atomic E-state index is 12.0. The Kier molecular flexibility index (Phi) is 3.78. The van der Waals surface area contributed by atoms with Crippen molar-refractivity contribution >= 4 is 5.91 Å². The number of aliphatic hydroxyl groups excluding tert-OH is 1. The lowest BCUT2D eigenvalue weighted by molar-refractivity contribution is -0.134. The average Bonchev–Trinajstić information content (AvgIpc) is 2.82. The van der Waals surface area contributed by atoms with Gasteiger partial charge in [0.1, 0.15) is 6.54 Å². The summed E-state index contributed by atoms with van der Waals surface area (Å²) in [5.41, 5.74) is 0. The molecule has 2 heterocycles. The van der Waals surface area contributed by atoms with Gasteiger partial charge in [-0.15, -0.1) is 0 Å². The number of nitrogens with zero attached hydrogens (tertiary/aromatic N) is 3. The van der Waals surface area contributed by atoms with Crippen molar-refractivity contribution in [2.75, 3.05) is 13.1 Å². The molecule has 1 aliphatic rings. The first-order valence-electron chi connectivity index (χ1n) is 6.10. The van der Waals surface area contributed by atoms with Crippen LogP contribution in [-0.4, -0.2) is 44.9 Å². The molecule has 2 unspecified atom stereocenters. The first-order chi connectivity index (χ1) is 8.16. The van der Waals surface area contributed by atoms with Gasteiger partial charge in [0.25, 0.3) is 0 Å². The molecule has 0 radical (unpaired) electrons. The molecular weight excluding hydrogens is 218 g/mol. The van der Waals surface area contributed by atoms with Crippen molar-refractivity contribution in [3.63, 3.8) is 0 Å². The van der Waals surface area contributed by atoms with Crippen LogP contribution in [0.5, 0.6) is 0 Å². The van der Waals surface area contributed by atoms with Gasteiger partial charge in [0, 0.05) is 31.4 Å². The topological polar surface area (TPSA) is 58.4 Å². The quantitative estimate of drug-likeness (QED) is 0.833. The Labute approximate surface area is 101 Å². The van der Waals surface area contributed by atoms with E-state index >= 15 is 0 Å². The van der Waals surface area contributed by atoms with E-state index in [0.717, 1.165) is 19.4 Å². The molecule has 2 rings (SSSR count). The molecule has 1 aliphatic heterocycles. The van der Waals surface area contributed by atoms with Crippen LogP contribution in [0.3, 0.4) is 0 Å². The third kappa shape index (κ3) is 3.06. The van der Waals surface area contributed by atoms with E-state index in [1.807, 2.05) is 11.0 Å². The van der Waals surface area contributed by atoms with Gasteiger partial charge in [0.15, 0.2) is 0 Å². The van der Waals surface area contributed by atoms with Gasteiger partial charge in [-0.05, 0) is 25.8 Å². The number of carbonyl (C=O) groups is 1. The van der Waals surface area contributed by atoms with Crippen molar-refractivity contribution in [2.24, 2.45) is 5.92 Å². The summed E-state index contributed by atoms with van der Waals surface area (Å²) >= 11 is 0. The van der Waals surface area contributed by atoms with Gasteiger partial charge in [-0.25, -0.2) is 0 Å². The molecule has 5 nitrogen and oxygen atoms in total. The molecule has 0 saturated carbocycles. The third-order valence-electron chi connectivity index (χ3n) is 3.35. The monoisotopic (exact) mass is 237 g/mol. The maximum absolute atomic E-state index is 12.0. The minimum Gasteiger partial charge on any atom is -0.393 e. The van der Waals surface area contributed by atoms with Crippen molar-refractivity contribution in [1.29, 1.82) is 0 Å². The van der Waals surface area contributed by atoms with Gasteiger partial charge in [-0.2, -0.15) is 5.10 Å². The van der Waals surface area contributed by atoms with E-state index in [2.05, 4.69) is 5.10 Å². The summed E-state index contributed by atoms with van der Waals surface area (Å²) in [5.74, 6) is 0.296. The molecule has 5 heteroatoms. The number of rotatable bonds is 3. The highest BCUT2D eigenvalue weighted by Gasteiger charge is 2.26. The maximum Gasteiger partial charge on any atom is 0.244 e. The Morgan fingerprint density at radius 3 is 3.12 bits per heavy atom. The van der Waals surface area contributed by atoms with Crippen LogP contribution in [0.4, 0.5) is 0 Å². The van der Waals surface area contributed by atoms with Crippen molar-refractivity contribution in [1.82, 2.24) is 14.7 Å². The zero-order valence-electron chi connectivity index (χ0n) is 10.1. The molecule has 2 atom stereocenters.